The fourth-order valence-electron chi connectivity index (χ4n) is 2.27. The molecular weight excluding hydrogens is 254 g/mol. The predicted molar refractivity (Wildman–Crippen MR) is 75.2 cm³/mol. The predicted octanol–water partition coefficient (Wildman–Crippen LogP) is 2.45. The van der Waals surface area contributed by atoms with E-state index in [4.69, 9.17) is 4.74 Å². The number of nitrogens with one attached hydrogen (secondary N) is 1. The summed E-state index contributed by atoms with van der Waals surface area (Å²) in [5, 5.41) is 0.976. The molecule has 0 aromatic carbocycles. The van der Waals surface area contributed by atoms with Crippen LogP contribution in [0.5, 0.6) is 0 Å². The van der Waals surface area contributed by atoms with Crippen molar-refractivity contribution in [2.75, 3.05) is 0 Å². The van der Waals surface area contributed by atoms with E-state index in [0.717, 1.165) is 29.4 Å². The van der Waals surface area contributed by atoms with Gasteiger partial charge in [-0.25, -0.2) is 4.98 Å². The van der Waals surface area contributed by atoms with Crippen molar-refractivity contribution in [3.05, 3.63) is 35.8 Å². The first-order valence-corrected chi connectivity index (χ1v) is 6.71. The molecule has 0 atom stereocenters. The van der Waals surface area contributed by atoms with Gasteiger partial charge in [0.15, 0.2) is 11.7 Å². The van der Waals surface area contributed by atoms with Gasteiger partial charge in [-0.3, -0.25) is 9.79 Å². The molecule has 1 aliphatic carbocycles. The van der Waals surface area contributed by atoms with Gasteiger partial charge in [0.1, 0.15) is 5.65 Å². The molecule has 5 heteroatoms. The van der Waals surface area contributed by atoms with E-state index < -0.39 is 0 Å². The largest absolute Gasteiger partial charge is 0.439 e. The number of allylic oxidation sites excluding steroid dienone is 1. The van der Waals surface area contributed by atoms with E-state index in [1.807, 2.05) is 18.3 Å². The molecule has 3 heterocycles. The molecule has 100 valence electrons. The second-order valence-electron chi connectivity index (χ2n) is 5.11. The summed E-state index contributed by atoms with van der Waals surface area (Å²) in [7, 11) is 0. The summed E-state index contributed by atoms with van der Waals surface area (Å²) >= 11 is 0. The van der Waals surface area contributed by atoms with Crippen LogP contribution in [0.1, 0.15) is 24.8 Å². The molecule has 0 spiro atoms. The van der Waals surface area contributed by atoms with Crippen molar-refractivity contribution in [1.82, 2.24) is 9.97 Å². The molecule has 0 radical (unpaired) electrons. The van der Waals surface area contributed by atoms with Crippen molar-refractivity contribution < 1.29 is 9.53 Å². The first-order chi connectivity index (χ1) is 9.79. The van der Waals surface area contributed by atoms with Gasteiger partial charge in [-0.1, -0.05) is 0 Å². The Labute approximate surface area is 115 Å². The maximum absolute atomic E-state index is 11.9. The van der Waals surface area contributed by atoms with E-state index in [9.17, 15) is 4.79 Å². The molecule has 1 N–H and O–H groups in total. The van der Waals surface area contributed by atoms with E-state index in [1.165, 1.54) is 0 Å². The normalized spacial score (nSPS) is 22.9. The Morgan fingerprint density at radius 2 is 2.35 bits per heavy atom. The molecule has 0 unspecified atom stereocenters. The number of H-pyrrole nitrogens is 1. The second-order valence-corrected chi connectivity index (χ2v) is 5.11. The lowest BCUT2D eigenvalue weighted by Gasteiger charge is -1.97. The van der Waals surface area contributed by atoms with E-state index in [0.29, 0.717) is 17.7 Å². The molecule has 1 aliphatic heterocycles. The number of hydrogen-bond donors (Lipinski definition) is 1. The van der Waals surface area contributed by atoms with Crippen LogP contribution in [0.3, 0.4) is 0 Å². The standard InChI is InChI=1S/C15H13N3O2/c19-12-7-14(18-10-3-4-10)20-13(12)6-9-8-17-15-11(9)2-1-5-16-15/h1-2,5-6,8,10H,3-4,7H2,(H,16,17)/b13-6-,18-14?. The first-order valence-electron chi connectivity index (χ1n) is 6.71. The summed E-state index contributed by atoms with van der Waals surface area (Å²) in [6.45, 7) is 0. The smallest absolute Gasteiger partial charge is 0.207 e. The molecule has 2 fully saturated rings. The number of aromatic amines is 1. The van der Waals surface area contributed by atoms with Crippen molar-refractivity contribution >= 4 is 28.8 Å². The van der Waals surface area contributed by atoms with Crippen LogP contribution in [-0.4, -0.2) is 27.7 Å². The Bertz CT molecular complexity index is 753. The van der Waals surface area contributed by atoms with Crippen LogP contribution in [0.15, 0.2) is 35.3 Å². The average molecular weight is 267 g/mol. The Morgan fingerprint density at radius 1 is 1.45 bits per heavy atom. The number of ketones is 1. The zero-order valence-electron chi connectivity index (χ0n) is 10.8. The van der Waals surface area contributed by atoms with Crippen LogP contribution in [-0.2, 0) is 9.53 Å². The highest BCUT2D eigenvalue weighted by atomic mass is 16.5. The molecule has 0 bridgehead atoms. The summed E-state index contributed by atoms with van der Waals surface area (Å²) in [5.41, 5.74) is 1.71. The Hall–Kier alpha value is -2.43. The number of carbonyl (C=O) groups is 1. The van der Waals surface area contributed by atoms with Crippen LogP contribution in [0.4, 0.5) is 0 Å². The third kappa shape index (κ3) is 2.01. The molecule has 20 heavy (non-hydrogen) atoms. The maximum atomic E-state index is 11.9. The third-order valence-corrected chi connectivity index (χ3v) is 3.46. The van der Waals surface area contributed by atoms with E-state index in [-0.39, 0.29) is 12.2 Å². The maximum Gasteiger partial charge on any atom is 0.207 e. The monoisotopic (exact) mass is 267 g/mol. The zero-order valence-corrected chi connectivity index (χ0v) is 10.8. The van der Waals surface area contributed by atoms with Gasteiger partial charge in [-0.15, -0.1) is 0 Å². The van der Waals surface area contributed by atoms with Gasteiger partial charge in [-0.05, 0) is 31.1 Å². The van der Waals surface area contributed by atoms with Crippen LogP contribution in [0.25, 0.3) is 17.1 Å². The fourth-order valence-corrected chi connectivity index (χ4v) is 2.27. The SMILES string of the molecule is O=C1CC(=NC2CC2)O/C1=C\c1c[nH]c2ncccc12. The zero-order chi connectivity index (χ0) is 13.5. The van der Waals surface area contributed by atoms with Gasteiger partial charge in [-0.2, -0.15) is 0 Å². The van der Waals surface area contributed by atoms with Gasteiger partial charge in [0.25, 0.3) is 0 Å². The van der Waals surface area contributed by atoms with Gasteiger partial charge in [0.05, 0.1) is 12.5 Å². The number of aliphatic imine (C=N–C) groups is 1. The summed E-state index contributed by atoms with van der Waals surface area (Å²) in [5.74, 6) is 0.915. The lowest BCUT2D eigenvalue weighted by atomic mass is 10.1. The van der Waals surface area contributed by atoms with Crippen molar-refractivity contribution in [3.8, 4) is 0 Å². The van der Waals surface area contributed by atoms with Gasteiger partial charge < -0.3 is 9.72 Å². The topological polar surface area (TPSA) is 67.3 Å². The fraction of sp³-hybridized carbons (Fsp3) is 0.267. The van der Waals surface area contributed by atoms with E-state index in [1.54, 1.807) is 12.3 Å². The summed E-state index contributed by atoms with van der Waals surface area (Å²) in [6.07, 6.45) is 7.81. The van der Waals surface area contributed by atoms with Crippen LogP contribution in [0.2, 0.25) is 0 Å². The first kappa shape index (κ1) is 11.4. The molecule has 5 nitrogen and oxygen atoms in total. The molecular formula is C15H13N3O2. The van der Waals surface area contributed by atoms with E-state index >= 15 is 0 Å². The lowest BCUT2D eigenvalue weighted by molar-refractivity contribution is -0.114. The van der Waals surface area contributed by atoms with Crippen molar-refractivity contribution in [1.29, 1.82) is 0 Å². The lowest BCUT2D eigenvalue weighted by Crippen LogP contribution is -1.95. The highest BCUT2D eigenvalue weighted by Crippen LogP contribution is 2.28. The van der Waals surface area contributed by atoms with Gasteiger partial charge in [0, 0.05) is 23.3 Å². The van der Waals surface area contributed by atoms with Crippen LogP contribution in [0, 0.1) is 0 Å². The van der Waals surface area contributed by atoms with Crippen LogP contribution < -0.4 is 0 Å². The molecule has 2 aliphatic rings. The Balaban J connectivity index is 1.68. The minimum Gasteiger partial charge on any atom is -0.439 e. The minimum absolute atomic E-state index is 0.0114. The number of rotatable bonds is 2. The molecule has 0 amide bonds. The number of pyridine rings is 1. The minimum atomic E-state index is -0.0114. The number of nitrogens with zero attached hydrogens (tertiary/aromatic N) is 2. The number of ether oxygens (including phenoxy) is 1. The van der Waals surface area contributed by atoms with Crippen LogP contribution >= 0.6 is 0 Å². The Kier molecular flexibility index (Phi) is 2.45. The highest BCUT2D eigenvalue weighted by Gasteiger charge is 2.29. The summed E-state index contributed by atoms with van der Waals surface area (Å²) < 4.78 is 5.57. The molecule has 2 aromatic rings. The summed E-state index contributed by atoms with van der Waals surface area (Å²) in [6, 6.07) is 4.20. The molecule has 1 saturated carbocycles. The van der Waals surface area contributed by atoms with Crippen molar-refractivity contribution in [3.63, 3.8) is 0 Å². The van der Waals surface area contributed by atoms with Gasteiger partial charge in [0.2, 0.25) is 5.78 Å². The molecule has 2 aromatic heterocycles. The number of aromatic nitrogens is 2. The second kappa shape index (κ2) is 4.30. The average Bonchev–Trinajstić information content (AvgIpc) is 3.07. The molecule has 4 rings (SSSR count). The number of Topliss-reactive ketones (excluding diaryl/α,β-unsaturated/α-hetero) is 1. The molecule has 1 saturated heterocycles. The van der Waals surface area contributed by atoms with Gasteiger partial charge >= 0.3 is 0 Å². The van der Waals surface area contributed by atoms with Crippen molar-refractivity contribution in [2.24, 2.45) is 4.99 Å². The van der Waals surface area contributed by atoms with E-state index in [2.05, 4.69) is 15.0 Å². The Morgan fingerprint density at radius 3 is 3.20 bits per heavy atom. The third-order valence-electron chi connectivity index (χ3n) is 3.46. The summed E-state index contributed by atoms with van der Waals surface area (Å²) in [4.78, 5) is 23.6. The quantitative estimate of drug-likeness (QED) is 0.850. The van der Waals surface area contributed by atoms with Crippen molar-refractivity contribution in [2.45, 2.75) is 25.3 Å². The number of carbonyl (C=O) groups excluding carboxylic acids is 1. The number of hydrogen-bond acceptors (Lipinski definition) is 4. The number of fused-ring (bicyclic) bond motifs is 1. The highest BCUT2D eigenvalue weighted by molar-refractivity contribution is 6.14.